The van der Waals surface area contributed by atoms with E-state index in [2.05, 4.69) is 15.9 Å². The zero-order chi connectivity index (χ0) is 19.7. The maximum absolute atomic E-state index is 13.2. The number of hydrogen-bond acceptors (Lipinski definition) is 4. The molecular formula is C21H18BrN3O3. The Bertz CT molecular complexity index is 1050. The first-order chi connectivity index (χ1) is 13.6. The van der Waals surface area contributed by atoms with E-state index in [1.165, 1.54) is 6.07 Å². The number of fused-ring (bicyclic) bond motifs is 1. The highest BCUT2D eigenvalue weighted by Gasteiger charge is 2.28. The van der Waals surface area contributed by atoms with E-state index in [4.69, 9.17) is 0 Å². The molecule has 0 bridgehead atoms. The molecule has 28 heavy (non-hydrogen) atoms. The summed E-state index contributed by atoms with van der Waals surface area (Å²) in [4.78, 5) is 24.2. The van der Waals surface area contributed by atoms with E-state index in [9.17, 15) is 14.9 Å². The molecular weight excluding hydrogens is 422 g/mol. The minimum Gasteiger partial charge on any atom is -0.282 e. The molecule has 0 atom stereocenters. The lowest BCUT2D eigenvalue weighted by molar-refractivity contribution is -0.383. The second-order valence-corrected chi connectivity index (χ2v) is 7.59. The number of benzene rings is 3. The Labute approximate surface area is 170 Å². The number of nitro groups is 1. The summed E-state index contributed by atoms with van der Waals surface area (Å²) in [6.45, 7) is 1.30. The number of anilines is 1. The van der Waals surface area contributed by atoms with E-state index >= 15 is 0 Å². The number of carbonyl (C=O) groups excluding carboxylic acids is 1. The van der Waals surface area contributed by atoms with Gasteiger partial charge in [0.25, 0.3) is 11.6 Å². The van der Waals surface area contributed by atoms with Crippen molar-refractivity contribution in [1.29, 1.82) is 0 Å². The molecule has 0 aliphatic carbocycles. The van der Waals surface area contributed by atoms with Gasteiger partial charge in [0.1, 0.15) is 0 Å². The molecule has 0 N–H and O–H groups in total. The standard InChI is InChI=1S/C21H18BrN3O3/c22-16-9-7-15(8-10-16)21(26)24-14-4-3-13-23(24)19-11-12-20(25(27)28)18-6-2-1-5-17(18)19/h1-2,5-12H,3-4,13-14H2. The minimum atomic E-state index is -0.368. The van der Waals surface area contributed by atoms with Gasteiger partial charge in [-0.25, -0.2) is 5.01 Å². The number of nitrogens with zero attached hydrogens (tertiary/aromatic N) is 3. The van der Waals surface area contributed by atoms with Crippen molar-refractivity contribution in [2.24, 2.45) is 0 Å². The van der Waals surface area contributed by atoms with Crippen LogP contribution in [0.1, 0.15) is 23.2 Å². The normalized spacial score (nSPS) is 14.3. The molecule has 1 aliphatic heterocycles. The molecule has 1 saturated heterocycles. The first-order valence-corrected chi connectivity index (χ1v) is 9.86. The molecule has 1 heterocycles. The van der Waals surface area contributed by atoms with E-state index in [0.29, 0.717) is 24.0 Å². The average Bonchev–Trinajstić information content (AvgIpc) is 2.73. The first-order valence-electron chi connectivity index (χ1n) is 9.07. The van der Waals surface area contributed by atoms with Crippen LogP contribution < -0.4 is 5.01 Å². The number of carbonyl (C=O) groups is 1. The van der Waals surface area contributed by atoms with Crippen molar-refractivity contribution in [1.82, 2.24) is 5.01 Å². The molecule has 1 fully saturated rings. The van der Waals surface area contributed by atoms with Crippen molar-refractivity contribution >= 4 is 44.0 Å². The Morgan fingerprint density at radius 3 is 2.32 bits per heavy atom. The predicted molar refractivity (Wildman–Crippen MR) is 112 cm³/mol. The van der Waals surface area contributed by atoms with Crippen LogP contribution >= 0.6 is 15.9 Å². The lowest BCUT2D eigenvalue weighted by Gasteiger charge is -2.40. The lowest BCUT2D eigenvalue weighted by Crippen LogP contribution is -2.50. The zero-order valence-corrected chi connectivity index (χ0v) is 16.6. The molecule has 0 radical (unpaired) electrons. The second kappa shape index (κ2) is 7.59. The van der Waals surface area contributed by atoms with Crippen molar-refractivity contribution in [2.45, 2.75) is 12.8 Å². The smallest absolute Gasteiger partial charge is 0.277 e. The second-order valence-electron chi connectivity index (χ2n) is 6.67. The Morgan fingerprint density at radius 2 is 1.61 bits per heavy atom. The molecule has 6 nitrogen and oxygen atoms in total. The summed E-state index contributed by atoms with van der Waals surface area (Å²) in [5.74, 6) is -0.0744. The summed E-state index contributed by atoms with van der Waals surface area (Å²) in [6, 6.07) is 17.8. The quantitative estimate of drug-likeness (QED) is 0.417. The molecule has 0 unspecified atom stereocenters. The van der Waals surface area contributed by atoms with Gasteiger partial charge < -0.3 is 0 Å². The highest BCUT2D eigenvalue weighted by Crippen LogP contribution is 2.35. The van der Waals surface area contributed by atoms with Gasteiger partial charge in [-0.2, -0.15) is 0 Å². The number of halogens is 1. The van der Waals surface area contributed by atoms with Crippen molar-refractivity contribution in [3.8, 4) is 0 Å². The fourth-order valence-corrected chi connectivity index (χ4v) is 3.88. The summed E-state index contributed by atoms with van der Waals surface area (Å²) >= 11 is 3.39. The van der Waals surface area contributed by atoms with Crippen LogP contribution in [0, 0.1) is 10.1 Å². The van der Waals surface area contributed by atoms with Crippen molar-refractivity contribution in [3.63, 3.8) is 0 Å². The van der Waals surface area contributed by atoms with E-state index in [1.807, 2.05) is 29.3 Å². The Balaban J connectivity index is 1.78. The SMILES string of the molecule is O=C(c1ccc(Br)cc1)N1CCCCN1c1ccc([N+](=O)[O-])c2ccccc12. The molecule has 142 valence electrons. The van der Waals surface area contributed by atoms with Gasteiger partial charge in [-0.05, 0) is 49.2 Å². The molecule has 3 aromatic rings. The highest BCUT2D eigenvalue weighted by molar-refractivity contribution is 9.10. The zero-order valence-electron chi connectivity index (χ0n) is 15.0. The summed E-state index contributed by atoms with van der Waals surface area (Å²) in [6.07, 6.45) is 1.87. The number of hydrogen-bond donors (Lipinski definition) is 0. The summed E-state index contributed by atoms with van der Waals surface area (Å²) in [5.41, 5.74) is 1.50. The molecule has 4 rings (SSSR count). The molecule has 3 aromatic carbocycles. The number of non-ortho nitro benzene ring substituents is 1. The topological polar surface area (TPSA) is 66.7 Å². The maximum atomic E-state index is 13.2. The van der Waals surface area contributed by atoms with Gasteiger partial charge in [0, 0.05) is 34.6 Å². The molecule has 1 aliphatic rings. The van der Waals surface area contributed by atoms with Crippen LogP contribution in [-0.4, -0.2) is 28.9 Å². The molecule has 0 aromatic heterocycles. The Kier molecular flexibility index (Phi) is 5.00. The fourth-order valence-electron chi connectivity index (χ4n) is 3.62. The average molecular weight is 440 g/mol. The van der Waals surface area contributed by atoms with Crippen LogP contribution in [0.25, 0.3) is 10.8 Å². The maximum Gasteiger partial charge on any atom is 0.277 e. The fraction of sp³-hybridized carbons (Fsp3) is 0.190. The number of rotatable bonds is 3. The van der Waals surface area contributed by atoms with Gasteiger partial charge in [0.05, 0.1) is 16.0 Å². The number of nitro benzene ring substituents is 1. The molecule has 1 amide bonds. The van der Waals surface area contributed by atoms with Crippen LogP contribution in [0.4, 0.5) is 11.4 Å². The van der Waals surface area contributed by atoms with E-state index < -0.39 is 0 Å². The van der Waals surface area contributed by atoms with Crippen LogP contribution in [0.2, 0.25) is 0 Å². The van der Waals surface area contributed by atoms with E-state index in [0.717, 1.165) is 28.4 Å². The number of amides is 1. The van der Waals surface area contributed by atoms with Gasteiger partial charge in [-0.1, -0.05) is 34.1 Å². The summed E-state index contributed by atoms with van der Waals surface area (Å²) < 4.78 is 0.918. The van der Waals surface area contributed by atoms with Crippen molar-refractivity contribution in [3.05, 3.63) is 80.8 Å². The van der Waals surface area contributed by atoms with Crippen LogP contribution in [-0.2, 0) is 0 Å². The molecule has 7 heteroatoms. The van der Waals surface area contributed by atoms with Crippen LogP contribution in [0.15, 0.2) is 65.1 Å². The summed E-state index contributed by atoms with van der Waals surface area (Å²) in [7, 11) is 0. The van der Waals surface area contributed by atoms with E-state index in [-0.39, 0.29) is 16.5 Å². The van der Waals surface area contributed by atoms with Crippen molar-refractivity contribution < 1.29 is 9.72 Å². The first kappa shape index (κ1) is 18.4. The van der Waals surface area contributed by atoms with Crippen LogP contribution in [0.5, 0.6) is 0 Å². The Hall–Kier alpha value is -2.93. The highest BCUT2D eigenvalue weighted by atomic mass is 79.9. The van der Waals surface area contributed by atoms with Gasteiger partial charge in [0.15, 0.2) is 0 Å². The Morgan fingerprint density at radius 1 is 0.929 bits per heavy atom. The van der Waals surface area contributed by atoms with Gasteiger partial charge in [-0.3, -0.25) is 19.9 Å². The molecule has 0 saturated carbocycles. The van der Waals surface area contributed by atoms with Gasteiger partial charge in [-0.15, -0.1) is 0 Å². The van der Waals surface area contributed by atoms with Gasteiger partial charge in [0.2, 0.25) is 0 Å². The lowest BCUT2D eigenvalue weighted by atomic mass is 10.1. The largest absolute Gasteiger partial charge is 0.282 e. The molecule has 0 spiro atoms. The third-order valence-corrected chi connectivity index (χ3v) is 5.49. The third kappa shape index (κ3) is 3.33. The van der Waals surface area contributed by atoms with Crippen LogP contribution in [0.3, 0.4) is 0 Å². The number of hydrazine groups is 1. The predicted octanol–water partition coefficient (Wildman–Crippen LogP) is 5.17. The monoisotopic (exact) mass is 439 g/mol. The third-order valence-electron chi connectivity index (χ3n) is 4.96. The minimum absolute atomic E-state index is 0.0714. The van der Waals surface area contributed by atoms with Gasteiger partial charge >= 0.3 is 0 Å². The van der Waals surface area contributed by atoms with E-state index in [1.54, 1.807) is 35.3 Å². The summed E-state index contributed by atoms with van der Waals surface area (Å²) in [5, 5.41) is 16.5. The van der Waals surface area contributed by atoms with Crippen molar-refractivity contribution in [2.75, 3.05) is 18.1 Å².